The van der Waals surface area contributed by atoms with Gasteiger partial charge in [0.15, 0.2) is 11.5 Å². The molecule has 0 radical (unpaired) electrons. The summed E-state index contributed by atoms with van der Waals surface area (Å²) in [6.07, 6.45) is 4.90. The van der Waals surface area contributed by atoms with Crippen molar-refractivity contribution in [3.8, 4) is 50.1 Å². The van der Waals surface area contributed by atoms with Crippen molar-refractivity contribution < 1.29 is 18.6 Å². The van der Waals surface area contributed by atoms with E-state index in [4.69, 9.17) is 18.6 Å². The summed E-state index contributed by atoms with van der Waals surface area (Å²) in [6.45, 7) is 4.75. The van der Waals surface area contributed by atoms with Crippen LogP contribution in [0.1, 0.15) is 34.9 Å². The van der Waals surface area contributed by atoms with Gasteiger partial charge < -0.3 is 18.6 Å². The van der Waals surface area contributed by atoms with E-state index in [1.807, 2.05) is 35.6 Å². The maximum absolute atomic E-state index is 6.26. The van der Waals surface area contributed by atoms with E-state index in [2.05, 4.69) is 62.4 Å². The van der Waals surface area contributed by atoms with Gasteiger partial charge in [0, 0.05) is 21.7 Å². The van der Waals surface area contributed by atoms with Crippen molar-refractivity contribution >= 4 is 11.3 Å². The number of benzene rings is 3. The molecule has 0 saturated heterocycles. The molecule has 6 rings (SSSR count). The van der Waals surface area contributed by atoms with Crippen LogP contribution >= 0.6 is 11.3 Å². The van der Waals surface area contributed by atoms with Gasteiger partial charge in [0.25, 0.3) is 0 Å². The Labute approximate surface area is 227 Å². The lowest BCUT2D eigenvalue weighted by Crippen LogP contribution is -1.93. The maximum Gasteiger partial charge on any atom is 0.231 e. The molecule has 0 spiro atoms. The minimum atomic E-state index is 0.245. The summed E-state index contributed by atoms with van der Waals surface area (Å²) >= 11 is 1.88. The van der Waals surface area contributed by atoms with Gasteiger partial charge in [-0.25, -0.2) is 0 Å². The molecule has 0 fully saturated rings. The molecule has 1 aliphatic rings. The minimum absolute atomic E-state index is 0.245. The molecule has 0 bridgehead atoms. The molecule has 0 atom stereocenters. The molecular formula is C33H30O4S. The number of rotatable bonds is 8. The van der Waals surface area contributed by atoms with Crippen molar-refractivity contribution in [2.45, 2.75) is 33.1 Å². The molecule has 0 N–H and O–H groups in total. The van der Waals surface area contributed by atoms with E-state index in [1.165, 1.54) is 26.4 Å². The Morgan fingerprint density at radius 1 is 0.895 bits per heavy atom. The first-order chi connectivity index (χ1) is 18.7. The fourth-order valence-corrected chi connectivity index (χ4v) is 6.70. The number of hydrogen-bond acceptors (Lipinski definition) is 5. The van der Waals surface area contributed by atoms with Crippen molar-refractivity contribution in [2.24, 2.45) is 0 Å². The van der Waals surface area contributed by atoms with Gasteiger partial charge in [-0.05, 0) is 65.4 Å². The summed E-state index contributed by atoms with van der Waals surface area (Å²) in [5.41, 5.74) is 8.19. The number of hydrogen-bond donors (Lipinski definition) is 0. The van der Waals surface area contributed by atoms with E-state index >= 15 is 0 Å². The molecule has 0 unspecified atom stereocenters. The van der Waals surface area contributed by atoms with Gasteiger partial charge in [-0.3, -0.25) is 0 Å². The van der Waals surface area contributed by atoms with Gasteiger partial charge in [0.2, 0.25) is 6.79 Å². The monoisotopic (exact) mass is 522 g/mol. The smallest absolute Gasteiger partial charge is 0.231 e. The lowest BCUT2D eigenvalue weighted by atomic mass is 9.93. The van der Waals surface area contributed by atoms with E-state index < -0.39 is 0 Å². The molecular weight excluding hydrogens is 492 g/mol. The summed E-state index contributed by atoms with van der Waals surface area (Å²) in [4.78, 5) is 2.68. The van der Waals surface area contributed by atoms with Crippen LogP contribution in [0.15, 0.2) is 83.5 Å². The average molecular weight is 523 g/mol. The highest BCUT2D eigenvalue weighted by molar-refractivity contribution is 7.16. The Morgan fingerprint density at radius 2 is 1.74 bits per heavy atom. The third kappa shape index (κ3) is 4.37. The third-order valence-electron chi connectivity index (χ3n) is 7.13. The van der Waals surface area contributed by atoms with Crippen LogP contribution in [0.2, 0.25) is 0 Å². The van der Waals surface area contributed by atoms with Crippen LogP contribution < -0.4 is 14.2 Å². The van der Waals surface area contributed by atoms with Crippen LogP contribution in [0, 0.1) is 6.92 Å². The molecule has 1 aliphatic heterocycles. The van der Waals surface area contributed by atoms with Gasteiger partial charge in [0.1, 0.15) is 11.5 Å². The highest BCUT2D eigenvalue weighted by Crippen LogP contribution is 2.48. The second kappa shape index (κ2) is 10.4. The lowest BCUT2D eigenvalue weighted by Gasteiger charge is -2.14. The third-order valence-corrected chi connectivity index (χ3v) is 8.50. The zero-order chi connectivity index (χ0) is 26.1. The molecule has 38 heavy (non-hydrogen) atoms. The summed E-state index contributed by atoms with van der Waals surface area (Å²) in [5, 5.41) is 0. The average Bonchev–Trinajstić information content (AvgIpc) is 3.69. The molecule has 4 nitrogen and oxygen atoms in total. The van der Waals surface area contributed by atoms with Crippen LogP contribution in [-0.4, -0.2) is 13.9 Å². The fraction of sp³-hybridized carbons (Fsp3) is 0.212. The second-order valence-electron chi connectivity index (χ2n) is 9.48. The van der Waals surface area contributed by atoms with E-state index in [1.54, 1.807) is 13.4 Å². The number of ether oxygens (including phenoxy) is 3. The van der Waals surface area contributed by atoms with Gasteiger partial charge in [-0.2, -0.15) is 0 Å². The van der Waals surface area contributed by atoms with Crippen molar-refractivity contribution in [1.82, 2.24) is 0 Å². The standard InChI is InChI=1S/C33H30O4S/c1-4-9-24-21(2)33(38-30(24)18-22-10-6-5-7-11-22)26-16-17-35-32(26)31-25(12-8-13-28(31)34-3)23-14-15-27-29(19-23)37-20-36-27/h5-8,10-17,19H,4,9,18,20H2,1-3H3. The molecule has 2 aromatic heterocycles. The lowest BCUT2D eigenvalue weighted by molar-refractivity contribution is 0.174. The van der Waals surface area contributed by atoms with Crippen LogP contribution in [0.3, 0.4) is 0 Å². The predicted molar refractivity (Wildman–Crippen MR) is 154 cm³/mol. The quantitative estimate of drug-likeness (QED) is 0.204. The first-order valence-corrected chi connectivity index (χ1v) is 13.8. The maximum atomic E-state index is 6.26. The van der Waals surface area contributed by atoms with Crippen molar-refractivity contribution in [2.75, 3.05) is 13.9 Å². The predicted octanol–water partition coefficient (Wildman–Crippen LogP) is 8.93. The van der Waals surface area contributed by atoms with Crippen molar-refractivity contribution in [3.63, 3.8) is 0 Å². The largest absolute Gasteiger partial charge is 0.496 e. The Kier molecular flexibility index (Phi) is 6.69. The topological polar surface area (TPSA) is 40.8 Å². The molecule has 0 aliphatic carbocycles. The van der Waals surface area contributed by atoms with E-state index in [0.29, 0.717) is 0 Å². The Hall–Kier alpha value is -3.96. The fourth-order valence-electron chi connectivity index (χ4n) is 5.29. The second-order valence-corrected chi connectivity index (χ2v) is 10.6. The normalized spacial score (nSPS) is 12.2. The van der Waals surface area contributed by atoms with Crippen molar-refractivity contribution in [3.05, 3.63) is 101 Å². The van der Waals surface area contributed by atoms with E-state index in [0.717, 1.165) is 64.5 Å². The van der Waals surface area contributed by atoms with Gasteiger partial charge >= 0.3 is 0 Å². The van der Waals surface area contributed by atoms with Crippen LogP contribution in [0.4, 0.5) is 0 Å². The zero-order valence-corrected chi connectivity index (χ0v) is 22.7. The summed E-state index contributed by atoms with van der Waals surface area (Å²) < 4.78 is 23.3. The molecule has 192 valence electrons. The number of methoxy groups -OCH3 is 1. The Balaban J connectivity index is 1.49. The SMILES string of the molecule is CCCc1c(Cc2ccccc2)sc(-c2ccoc2-c2c(OC)cccc2-c2ccc3c(c2)OCO3)c1C. The highest BCUT2D eigenvalue weighted by atomic mass is 32.1. The summed E-state index contributed by atoms with van der Waals surface area (Å²) in [6, 6.07) is 25.0. The summed E-state index contributed by atoms with van der Waals surface area (Å²) in [5.74, 6) is 3.10. The first-order valence-electron chi connectivity index (χ1n) is 13.0. The van der Waals surface area contributed by atoms with Crippen LogP contribution in [0.25, 0.3) is 32.9 Å². The highest BCUT2D eigenvalue weighted by Gasteiger charge is 2.25. The number of fused-ring (bicyclic) bond motifs is 1. The molecule has 5 aromatic rings. The summed E-state index contributed by atoms with van der Waals surface area (Å²) in [7, 11) is 1.71. The van der Waals surface area contributed by atoms with E-state index in [-0.39, 0.29) is 6.79 Å². The Bertz CT molecular complexity index is 1580. The van der Waals surface area contributed by atoms with Crippen molar-refractivity contribution in [1.29, 1.82) is 0 Å². The molecule has 3 heterocycles. The zero-order valence-electron chi connectivity index (χ0n) is 21.9. The molecule has 3 aromatic carbocycles. The number of furan rings is 1. The molecule has 0 saturated carbocycles. The van der Waals surface area contributed by atoms with E-state index in [9.17, 15) is 0 Å². The molecule has 0 amide bonds. The van der Waals surface area contributed by atoms with Gasteiger partial charge in [-0.1, -0.05) is 61.9 Å². The van der Waals surface area contributed by atoms with Gasteiger partial charge in [0.05, 0.1) is 18.9 Å². The first kappa shape index (κ1) is 24.4. The van der Waals surface area contributed by atoms with Crippen LogP contribution in [-0.2, 0) is 12.8 Å². The minimum Gasteiger partial charge on any atom is -0.496 e. The number of thiophene rings is 1. The Morgan fingerprint density at radius 3 is 2.55 bits per heavy atom. The molecule has 5 heteroatoms. The van der Waals surface area contributed by atoms with Gasteiger partial charge in [-0.15, -0.1) is 11.3 Å². The van der Waals surface area contributed by atoms with Crippen LogP contribution in [0.5, 0.6) is 17.2 Å².